The van der Waals surface area contributed by atoms with Crippen LogP contribution in [0.3, 0.4) is 0 Å². The summed E-state index contributed by atoms with van der Waals surface area (Å²) in [6, 6.07) is 7.92. The van der Waals surface area contributed by atoms with Gasteiger partial charge in [0.1, 0.15) is 0 Å². The highest BCUT2D eigenvalue weighted by Gasteiger charge is 2.22. The van der Waals surface area contributed by atoms with E-state index in [1.165, 1.54) is 5.69 Å². The first kappa shape index (κ1) is 16.2. The summed E-state index contributed by atoms with van der Waals surface area (Å²) in [6.07, 6.45) is 2.98. The molecule has 1 aromatic carbocycles. The van der Waals surface area contributed by atoms with E-state index in [9.17, 15) is 4.79 Å². The summed E-state index contributed by atoms with van der Waals surface area (Å²) in [5.74, 6) is 0.809. The van der Waals surface area contributed by atoms with E-state index in [2.05, 4.69) is 18.7 Å². The van der Waals surface area contributed by atoms with E-state index in [1.807, 2.05) is 29.2 Å². The number of benzene rings is 1. The molecular weight excluding hydrogens is 284 g/mol. The molecule has 1 aliphatic heterocycles. The number of rotatable bonds is 5. The van der Waals surface area contributed by atoms with Gasteiger partial charge in [-0.15, -0.1) is 0 Å². The van der Waals surface area contributed by atoms with Gasteiger partial charge in [-0.3, -0.25) is 4.79 Å². The van der Waals surface area contributed by atoms with E-state index in [-0.39, 0.29) is 0 Å². The Morgan fingerprint density at radius 2 is 1.81 bits per heavy atom. The first-order valence-electron chi connectivity index (χ1n) is 7.88. The number of piperazine rings is 1. The highest BCUT2D eigenvalue weighted by Crippen LogP contribution is 2.20. The molecule has 1 atom stereocenters. The lowest BCUT2D eigenvalue weighted by molar-refractivity contribution is -0.132. The van der Waals surface area contributed by atoms with Crippen LogP contribution in [0.4, 0.5) is 5.69 Å². The largest absolute Gasteiger partial charge is 0.368 e. The third kappa shape index (κ3) is 4.63. The van der Waals surface area contributed by atoms with Crippen molar-refractivity contribution < 1.29 is 4.79 Å². The smallest absolute Gasteiger partial charge is 0.222 e. The molecule has 0 N–H and O–H groups in total. The Bertz CT molecular complexity index is 452. The van der Waals surface area contributed by atoms with Crippen molar-refractivity contribution in [3.63, 3.8) is 0 Å². The lowest BCUT2D eigenvalue weighted by atomic mass is 10.0. The Labute approximate surface area is 132 Å². The fraction of sp³-hybridized carbons (Fsp3) is 0.588. The van der Waals surface area contributed by atoms with E-state index < -0.39 is 0 Å². The second kappa shape index (κ2) is 7.69. The third-order valence-corrected chi connectivity index (χ3v) is 4.38. The van der Waals surface area contributed by atoms with E-state index in [0.717, 1.165) is 44.0 Å². The molecule has 0 spiro atoms. The van der Waals surface area contributed by atoms with Crippen molar-refractivity contribution in [2.45, 2.75) is 33.1 Å². The molecule has 21 heavy (non-hydrogen) atoms. The van der Waals surface area contributed by atoms with E-state index in [4.69, 9.17) is 11.6 Å². The van der Waals surface area contributed by atoms with Crippen LogP contribution in [0.1, 0.15) is 33.1 Å². The minimum absolute atomic E-state index is 0.312. The Kier molecular flexibility index (Phi) is 5.92. The maximum absolute atomic E-state index is 12.3. The van der Waals surface area contributed by atoms with Crippen molar-refractivity contribution in [2.24, 2.45) is 5.92 Å². The third-order valence-electron chi connectivity index (χ3n) is 4.13. The fourth-order valence-electron chi connectivity index (χ4n) is 2.89. The molecule has 1 fully saturated rings. The molecule has 0 bridgehead atoms. The fourth-order valence-corrected chi connectivity index (χ4v) is 3.01. The minimum atomic E-state index is 0.312. The highest BCUT2D eigenvalue weighted by molar-refractivity contribution is 6.30. The van der Waals surface area contributed by atoms with Crippen molar-refractivity contribution >= 4 is 23.2 Å². The Morgan fingerprint density at radius 1 is 1.19 bits per heavy atom. The van der Waals surface area contributed by atoms with Crippen molar-refractivity contribution in [3.8, 4) is 0 Å². The molecule has 0 saturated carbocycles. The quantitative estimate of drug-likeness (QED) is 0.825. The Morgan fingerprint density at radius 3 is 2.38 bits per heavy atom. The van der Waals surface area contributed by atoms with Crippen LogP contribution < -0.4 is 4.90 Å². The van der Waals surface area contributed by atoms with Crippen molar-refractivity contribution in [3.05, 3.63) is 29.3 Å². The molecular formula is C17H25ClN2O. The summed E-state index contributed by atoms with van der Waals surface area (Å²) in [6.45, 7) is 7.78. The van der Waals surface area contributed by atoms with Gasteiger partial charge in [-0.05, 0) is 30.2 Å². The molecule has 0 aromatic heterocycles. The van der Waals surface area contributed by atoms with E-state index in [1.54, 1.807) is 0 Å². The van der Waals surface area contributed by atoms with E-state index >= 15 is 0 Å². The topological polar surface area (TPSA) is 23.6 Å². The molecule has 1 amide bonds. The van der Waals surface area contributed by atoms with Gasteiger partial charge in [-0.25, -0.2) is 0 Å². The van der Waals surface area contributed by atoms with Gasteiger partial charge in [0.15, 0.2) is 0 Å². The Hall–Kier alpha value is -1.22. The molecule has 116 valence electrons. The summed E-state index contributed by atoms with van der Waals surface area (Å²) < 4.78 is 0. The number of amides is 1. The summed E-state index contributed by atoms with van der Waals surface area (Å²) in [7, 11) is 0. The van der Waals surface area contributed by atoms with Crippen LogP contribution in [0.5, 0.6) is 0 Å². The van der Waals surface area contributed by atoms with Gasteiger partial charge in [-0.2, -0.15) is 0 Å². The SMILES string of the molecule is CCCC(C)CC(=O)N1CCN(c2ccc(Cl)cc2)CC1. The van der Waals surface area contributed by atoms with Crippen LogP contribution in [-0.2, 0) is 4.79 Å². The summed E-state index contributed by atoms with van der Waals surface area (Å²) in [5.41, 5.74) is 1.19. The number of carbonyl (C=O) groups excluding carboxylic acids is 1. The normalized spacial score (nSPS) is 16.9. The zero-order valence-electron chi connectivity index (χ0n) is 13.0. The summed E-state index contributed by atoms with van der Waals surface area (Å²) >= 11 is 5.92. The summed E-state index contributed by atoms with van der Waals surface area (Å²) in [5, 5.41) is 0.762. The van der Waals surface area contributed by atoms with Crippen LogP contribution in [-0.4, -0.2) is 37.0 Å². The number of carbonyl (C=O) groups is 1. The van der Waals surface area contributed by atoms with Crippen LogP contribution >= 0.6 is 11.6 Å². The first-order valence-corrected chi connectivity index (χ1v) is 8.26. The number of halogens is 1. The number of hydrogen-bond donors (Lipinski definition) is 0. The molecule has 4 heteroatoms. The second-order valence-electron chi connectivity index (χ2n) is 5.94. The second-order valence-corrected chi connectivity index (χ2v) is 6.38. The molecule has 1 aliphatic rings. The standard InChI is InChI=1S/C17H25ClN2O/c1-3-4-14(2)13-17(21)20-11-9-19(10-12-20)16-7-5-15(18)6-8-16/h5-8,14H,3-4,9-13H2,1-2H3. The zero-order valence-corrected chi connectivity index (χ0v) is 13.8. The van der Waals surface area contributed by atoms with Crippen LogP contribution in [0.25, 0.3) is 0 Å². The molecule has 1 aromatic rings. The van der Waals surface area contributed by atoms with Crippen LogP contribution in [0, 0.1) is 5.92 Å². The number of nitrogens with zero attached hydrogens (tertiary/aromatic N) is 2. The molecule has 1 saturated heterocycles. The van der Waals surface area contributed by atoms with Gasteiger partial charge >= 0.3 is 0 Å². The molecule has 1 unspecified atom stereocenters. The molecule has 1 heterocycles. The Balaban J connectivity index is 1.82. The molecule has 0 radical (unpaired) electrons. The summed E-state index contributed by atoms with van der Waals surface area (Å²) in [4.78, 5) is 16.6. The average molecular weight is 309 g/mol. The predicted octanol–water partition coefficient (Wildman–Crippen LogP) is 3.81. The minimum Gasteiger partial charge on any atom is -0.368 e. The van der Waals surface area contributed by atoms with Crippen molar-refractivity contribution in [2.75, 3.05) is 31.1 Å². The predicted molar refractivity (Wildman–Crippen MR) is 88.9 cm³/mol. The number of hydrogen-bond acceptors (Lipinski definition) is 2. The number of anilines is 1. The van der Waals surface area contributed by atoms with Crippen LogP contribution in [0.15, 0.2) is 24.3 Å². The van der Waals surface area contributed by atoms with Gasteiger partial charge in [0.05, 0.1) is 0 Å². The van der Waals surface area contributed by atoms with E-state index in [0.29, 0.717) is 18.2 Å². The molecule has 0 aliphatic carbocycles. The zero-order chi connectivity index (χ0) is 15.2. The first-order chi connectivity index (χ1) is 10.1. The molecule has 3 nitrogen and oxygen atoms in total. The monoisotopic (exact) mass is 308 g/mol. The van der Waals surface area contributed by atoms with Gasteiger partial charge in [-0.1, -0.05) is 38.3 Å². The highest BCUT2D eigenvalue weighted by atomic mass is 35.5. The van der Waals surface area contributed by atoms with Crippen molar-refractivity contribution in [1.82, 2.24) is 4.90 Å². The van der Waals surface area contributed by atoms with Gasteiger partial charge < -0.3 is 9.80 Å². The lowest BCUT2D eigenvalue weighted by Crippen LogP contribution is -2.49. The lowest BCUT2D eigenvalue weighted by Gasteiger charge is -2.36. The molecule has 2 rings (SSSR count). The van der Waals surface area contributed by atoms with Crippen molar-refractivity contribution in [1.29, 1.82) is 0 Å². The average Bonchev–Trinajstić information content (AvgIpc) is 2.48. The van der Waals surface area contributed by atoms with Gasteiger partial charge in [0.2, 0.25) is 5.91 Å². The van der Waals surface area contributed by atoms with Crippen LogP contribution in [0.2, 0.25) is 5.02 Å². The maximum Gasteiger partial charge on any atom is 0.222 e. The van der Waals surface area contributed by atoms with Gasteiger partial charge in [0, 0.05) is 43.3 Å². The van der Waals surface area contributed by atoms with Gasteiger partial charge in [0.25, 0.3) is 0 Å². The maximum atomic E-state index is 12.3.